The van der Waals surface area contributed by atoms with Crippen molar-refractivity contribution in [3.63, 3.8) is 0 Å². The van der Waals surface area contributed by atoms with Crippen LogP contribution in [-0.4, -0.2) is 17.7 Å². The minimum absolute atomic E-state index is 0.241. The van der Waals surface area contributed by atoms with Gasteiger partial charge in [0.1, 0.15) is 0 Å². The number of nitrogens with one attached hydrogen (secondary N) is 1. The van der Waals surface area contributed by atoms with Crippen LogP contribution in [0.2, 0.25) is 0 Å². The maximum absolute atomic E-state index is 10.3. The first-order valence-corrected chi connectivity index (χ1v) is 6.84. The van der Waals surface area contributed by atoms with E-state index in [2.05, 4.69) is 23.5 Å². The molecule has 1 aromatic rings. The smallest absolute Gasteiger partial charge is 0.0824 e. The summed E-state index contributed by atoms with van der Waals surface area (Å²) in [5.74, 6) is 0.419. The Balaban J connectivity index is 1.67. The van der Waals surface area contributed by atoms with Gasteiger partial charge in [-0.1, -0.05) is 30.7 Å². The number of hydrogen-bond donors (Lipinski definition) is 2. The van der Waals surface area contributed by atoms with Crippen molar-refractivity contribution in [3.8, 4) is 0 Å². The molecule has 3 rings (SSSR count). The molecular formula is C15H21NO. The highest BCUT2D eigenvalue weighted by molar-refractivity contribution is 5.34. The van der Waals surface area contributed by atoms with Gasteiger partial charge in [0.15, 0.2) is 0 Å². The van der Waals surface area contributed by atoms with E-state index in [-0.39, 0.29) is 6.10 Å². The van der Waals surface area contributed by atoms with Crippen LogP contribution in [0.4, 0.5) is 0 Å². The highest BCUT2D eigenvalue weighted by Crippen LogP contribution is 2.38. The molecule has 1 fully saturated rings. The van der Waals surface area contributed by atoms with Gasteiger partial charge in [-0.15, -0.1) is 0 Å². The van der Waals surface area contributed by atoms with Gasteiger partial charge in [0.05, 0.1) is 6.10 Å². The zero-order valence-corrected chi connectivity index (χ0v) is 10.2. The van der Waals surface area contributed by atoms with E-state index in [0.717, 1.165) is 24.9 Å². The van der Waals surface area contributed by atoms with Crippen LogP contribution in [0.15, 0.2) is 24.3 Å². The van der Waals surface area contributed by atoms with E-state index < -0.39 is 0 Å². The van der Waals surface area contributed by atoms with Crippen LogP contribution in [0.25, 0.3) is 0 Å². The standard InChI is InChI=1S/C15H21NO/c17-15-12(10-13-6-3-4-8-16-13)9-11-5-1-2-7-14(11)15/h1-2,5,7,12-13,15-17H,3-4,6,8-10H2/t12-,13-,15+/m1/s1. The minimum Gasteiger partial charge on any atom is -0.388 e. The van der Waals surface area contributed by atoms with E-state index in [1.54, 1.807) is 0 Å². The molecule has 1 saturated heterocycles. The quantitative estimate of drug-likeness (QED) is 0.819. The molecule has 0 saturated carbocycles. The summed E-state index contributed by atoms with van der Waals surface area (Å²) in [4.78, 5) is 0. The number of hydrogen-bond acceptors (Lipinski definition) is 2. The predicted molar refractivity (Wildman–Crippen MR) is 68.9 cm³/mol. The molecule has 0 radical (unpaired) electrons. The van der Waals surface area contributed by atoms with Crippen molar-refractivity contribution in [1.82, 2.24) is 5.32 Å². The first kappa shape index (κ1) is 11.2. The molecule has 1 aliphatic heterocycles. The number of rotatable bonds is 2. The molecule has 1 aliphatic carbocycles. The van der Waals surface area contributed by atoms with Crippen LogP contribution in [-0.2, 0) is 6.42 Å². The van der Waals surface area contributed by atoms with Gasteiger partial charge in [-0.05, 0) is 49.3 Å². The Labute approximate surface area is 103 Å². The Bertz CT molecular complexity index is 384. The number of benzene rings is 1. The molecule has 0 amide bonds. The second kappa shape index (κ2) is 4.79. The summed E-state index contributed by atoms with van der Waals surface area (Å²) in [5.41, 5.74) is 2.51. The third-order valence-electron chi connectivity index (χ3n) is 4.30. The molecule has 92 valence electrons. The summed E-state index contributed by atoms with van der Waals surface area (Å²) >= 11 is 0. The summed E-state index contributed by atoms with van der Waals surface area (Å²) in [5, 5.41) is 13.9. The maximum atomic E-state index is 10.3. The molecule has 3 atom stereocenters. The lowest BCUT2D eigenvalue weighted by molar-refractivity contribution is 0.108. The first-order chi connectivity index (χ1) is 8.34. The lowest BCUT2D eigenvalue weighted by Crippen LogP contribution is -2.36. The van der Waals surface area contributed by atoms with Gasteiger partial charge in [0.2, 0.25) is 0 Å². The Morgan fingerprint density at radius 2 is 2.12 bits per heavy atom. The van der Waals surface area contributed by atoms with E-state index in [9.17, 15) is 5.11 Å². The van der Waals surface area contributed by atoms with Crippen molar-refractivity contribution in [3.05, 3.63) is 35.4 Å². The summed E-state index contributed by atoms with van der Waals surface area (Å²) in [7, 11) is 0. The molecule has 0 bridgehead atoms. The maximum Gasteiger partial charge on any atom is 0.0824 e. The number of aliphatic hydroxyl groups excluding tert-OH is 1. The van der Waals surface area contributed by atoms with E-state index in [0.29, 0.717) is 12.0 Å². The number of fused-ring (bicyclic) bond motifs is 1. The van der Waals surface area contributed by atoms with Crippen LogP contribution >= 0.6 is 0 Å². The molecule has 1 aromatic carbocycles. The van der Waals surface area contributed by atoms with E-state index in [4.69, 9.17) is 0 Å². The number of aliphatic hydroxyl groups is 1. The Morgan fingerprint density at radius 3 is 2.88 bits per heavy atom. The van der Waals surface area contributed by atoms with Crippen molar-refractivity contribution in [2.24, 2.45) is 5.92 Å². The van der Waals surface area contributed by atoms with Crippen molar-refractivity contribution < 1.29 is 5.11 Å². The lowest BCUT2D eigenvalue weighted by atomic mass is 9.91. The fourth-order valence-electron chi connectivity index (χ4n) is 3.36. The SMILES string of the molecule is O[C@@H]1c2ccccc2C[C@@H]1C[C@H]1CCCCN1. The lowest BCUT2D eigenvalue weighted by Gasteiger charge is -2.27. The van der Waals surface area contributed by atoms with E-state index >= 15 is 0 Å². The van der Waals surface area contributed by atoms with Crippen molar-refractivity contribution >= 4 is 0 Å². The molecule has 0 aromatic heterocycles. The molecule has 2 N–H and O–H groups in total. The van der Waals surface area contributed by atoms with Crippen molar-refractivity contribution in [2.45, 2.75) is 44.2 Å². The third kappa shape index (κ3) is 2.24. The predicted octanol–water partition coefficient (Wildman–Crippen LogP) is 2.42. The highest BCUT2D eigenvalue weighted by Gasteiger charge is 2.32. The highest BCUT2D eigenvalue weighted by atomic mass is 16.3. The van der Waals surface area contributed by atoms with Crippen molar-refractivity contribution in [2.75, 3.05) is 6.54 Å². The van der Waals surface area contributed by atoms with Crippen molar-refractivity contribution in [1.29, 1.82) is 0 Å². The third-order valence-corrected chi connectivity index (χ3v) is 4.30. The summed E-state index contributed by atoms with van der Waals surface area (Å²) in [6, 6.07) is 8.97. The van der Waals surface area contributed by atoms with Gasteiger partial charge in [0.25, 0.3) is 0 Å². The Morgan fingerprint density at radius 1 is 1.24 bits per heavy atom. The fourth-order valence-corrected chi connectivity index (χ4v) is 3.36. The summed E-state index contributed by atoms with van der Waals surface area (Å²) in [6.45, 7) is 1.15. The van der Waals surface area contributed by atoms with Gasteiger partial charge < -0.3 is 10.4 Å². The van der Waals surface area contributed by atoms with Gasteiger partial charge in [-0.2, -0.15) is 0 Å². The topological polar surface area (TPSA) is 32.3 Å². The Kier molecular flexibility index (Phi) is 3.17. The van der Waals surface area contributed by atoms with E-state index in [1.807, 2.05) is 6.07 Å². The number of piperidine rings is 1. The molecular weight excluding hydrogens is 210 g/mol. The zero-order chi connectivity index (χ0) is 11.7. The van der Waals surface area contributed by atoms with Gasteiger partial charge in [-0.25, -0.2) is 0 Å². The van der Waals surface area contributed by atoms with Gasteiger partial charge in [-0.3, -0.25) is 0 Å². The monoisotopic (exact) mass is 231 g/mol. The molecule has 17 heavy (non-hydrogen) atoms. The molecule has 2 nitrogen and oxygen atoms in total. The second-order valence-electron chi connectivity index (χ2n) is 5.49. The zero-order valence-electron chi connectivity index (χ0n) is 10.2. The molecule has 1 heterocycles. The average Bonchev–Trinajstić information content (AvgIpc) is 2.68. The molecule has 2 heteroatoms. The Hall–Kier alpha value is -0.860. The first-order valence-electron chi connectivity index (χ1n) is 6.84. The van der Waals surface area contributed by atoms with Crippen LogP contribution in [0.1, 0.15) is 42.9 Å². The van der Waals surface area contributed by atoms with Crippen LogP contribution in [0, 0.1) is 5.92 Å². The summed E-state index contributed by atoms with van der Waals surface area (Å²) < 4.78 is 0. The van der Waals surface area contributed by atoms with Crippen LogP contribution in [0.5, 0.6) is 0 Å². The van der Waals surface area contributed by atoms with E-state index in [1.165, 1.54) is 24.8 Å². The van der Waals surface area contributed by atoms with Crippen LogP contribution in [0.3, 0.4) is 0 Å². The molecule has 2 aliphatic rings. The fraction of sp³-hybridized carbons (Fsp3) is 0.600. The second-order valence-corrected chi connectivity index (χ2v) is 5.49. The van der Waals surface area contributed by atoms with Gasteiger partial charge in [0, 0.05) is 6.04 Å². The summed E-state index contributed by atoms with van der Waals surface area (Å²) in [6.07, 6.45) is 5.86. The average molecular weight is 231 g/mol. The molecule has 0 spiro atoms. The molecule has 0 unspecified atom stereocenters. The van der Waals surface area contributed by atoms with Crippen LogP contribution < -0.4 is 5.32 Å². The minimum atomic E-state index is -0.241. The largest absolute Gasteiger partial charge is 0.388 e. The normalized spacial score (nSPS) is 32.4. The van der Waals surface area contributed by atoms with Gasteiger partial charge >= 0.3 is 0 Å².